The molecule has 0 spiro atoms. The van der Waals surface area contributed by atoms with E-state index in [0.717, 1.165) is 0 Å². The highest BCUT2D eigenvalue weighted by Crippen LogP contribution is 2.02. The van der Waals surface area contributed by atoms with E-state index < -0.39 is 0 Å². The lowest BCUT2D eigenvalue weighted by molar-refractivity contribution is -0.930. The Bertz CT molecular complexity index is 490. The highest BCUT2D eigenvalue weighted by atomic mass is 16.5. The smallest absolute Gasteiger partial charge is 0.315 e. The Morgan fingerprint density at radius 3 is 3.21 bits per heavy atom. The standard InChI is InChI=1S/C7H9N6O/c1-9-7(8)12-6-5(13(14)11-12)3-2-4-10-6/h2-4H,1H3,(H2,8,9)(H,11,14)/q+1. The molecule has 0 atom stereocenters. The Kier molecular flexibility index (Phi) is 1.77. The molecule has 7 heteroatoms. The van der Waals surface area contributed by atoms with E-state index in [4.69, 9.17) is 5.41 Å². The molecular formula is C7H9N6O+. The number of nitrogens with zero attached hydrogens (tertiary/aromatic N) is 4. The Balaban J connectivity index is 2.72. The number of hydrogen-bond donors (Lipinski definition) is 3. The van der Waals surface area contributed by atoms with E-state index in [2.05, 4.69) is 15.5 Å². The van der Waals surface area contributed by atoms with Gasteiger partial charge in [0.2, 0.25) is 0 Å². The van der Waals surface area contributed by atoms with Gasteiger partial charge in [0.05, 0.1) is 4.85 Å². The van der Waals surface area contributed by atoms with E-state index in [0.29, 0.717) is 16.0 Å². The molecule has 2 rings (SSSR count). The maximum absolute atomic E-state index is 9.36. The molecule has 72 valence electrons. The third-order valence-electron chi connectivity index (χ3n) is 1.80. The predicted octanol–water partition coefficient (Wildman–Crippen LogP) is -1.04. The van der Waals surface area contributed by atoms with Crippen LogP contribution >= 0.6 is 0 Å². The Hall–Kier alpha value is -2.18. The van der Waals surface area contributed by atoms with E-state index >= 15 is 0 Å². The Morgan fingerprint density at radius 1 is 1.71 bits per heavy atom. The minimum absolute atomic E-state index is 0.0431. The summed E-state index contributed by atoms with van der Waals surface area (Å²) in [7, 11) is 1.60. The molecule has 0 aliphatic carbocycles. The molecule has 0 saturated carbocycles. The number of pyridine rings is 1. The molecule has 2 aromatic heterocycles. The van der Waals surface area contributed by atoms with Crippen LogP contribution in [0.4, 0.5) is 0 Å². The third-order valence-corrected chi connectivity index (χ3v) is 1.80. The largest absolute Gasteiger partial charge is 0.338 e. The summed E-state index contributed by atoms with van der Waals surface area (Å²) in [5.74, 6) is 0.0431. The first-order chi connectivity index (χ1) is 6.74. The average molecular weight is 193 g/mol. The fourth-order valence-electron chi connectivity index (χ4n) is 1.14. The molecule has 0 saturated heterocycles. The van der Waals surface area contributed by atoms with Gasteiger partial charge in [-0.1, -0.05) is 0 Å². The Labute approximate surface area is 79.1 Å². The van der Waals surface area contributed by atoms with Crippen molar-refractivity contribution in [3.63, 3.8) is 0 Å². The summed E-state index contributed by atoms with van der Waals surface area (Å²) in [6.07, 6.45) is 1.57. The lowest BCUT2D eigenvalue weighted by Gasteiger charge is -1.91. The average Bonchev–Trinajstić information content (AvgIpc) is 2.56. The minimum atomic E-state index is 0.0431. The van der Waals surface area contributed by atoms with Crippen LogP contribution < -0.4 is 10.2 Å². The second kappa shape index (κ2) is 2.95. The topological polar surface area (TPSA) is 90.7 Å². The van der Waals surface area contributed by atoms with Gasteiger partial charge in [0.1, 0.15) is 5.21 Å². The van der Waals surface area contributed by atoms with Crippen molar-refractivity contribution in [3.05, 3.63) is 18.3 Å². The van der Waals surface area contributed by atoms with Gasteiger partial charge in [-0.05, 0) is 16.8 Å². The van der Waals surface area contributed by atoms with Crippen LogP contribution in [0.25, 0.3) is 11.2 Å². The molecule has 14 heavy (non-hydrogen) atoms. The predicted molar refractivity (Wildman–Crippen MR) is 47.1 cm³/mol. The van der Waals surface area contributed by atoms with Gasteiger partial charge in [-0.3, -0.25) is 0 Å². The molecule has 0 fully saturated rings. The molecule has 2 heterocycles. The van der Waals surface area contributed by atoms with Gasteiger partial charge in [0, 0.05) is 13.2 Å². The lowest BCUT2D eigenvalue weighted by atomic mass is 10.4. The zero-order chi connectivity index (χ0) is 10.1. The molecule has 3 N–H and O–H groups in total. The molecular weight excluding hydrogens is 184 g/mol. The van der Waals surface area contributed by atoms with Crippen LogP contribution in [0.15, 0.2) is 18.3 Å². The van der Waals surface area contributed by atoms with E-state index in [1.165, 1.54) is 4.68 Å². The maximum Gasteiger partial charge on any atom is 0.315 e. The van der Waals surface area contributed by atoms with E-state index in [1.54, 1.807) is 25.4 Å². The van der Waals surface area contributed by atoms with Crippen molar-refractivity contribution in [3.8, 4) is 0 Å². The van der Waals surface area contributed by atoms with Crippen molar-refractivity contribution in [1.29, 1.82) is 5.41 Å². The van der Waals surface area contributed by atoms with Gasteiger partial charge < -0.3 is 10.5 Å². The van der Waals surface area contributed by atoms with E-state index in [9.17, 15) is 5.21 Å². The van der Waals surface area contributed by atoms with Gasteiger partial charge >= 0.3 is 11.6 Å². The Morgan fingerprint density at radius 2 is 2.50 bits per heavy atom. The van der Waals surface area contributed by atoms with Gasteiger partial charge in [0.25, 0.3) is 5.52 Å². The zero-order valence-corrected chi connectivity index (χ0v) is 7.47. The summed E-state index contributed by atoms with van der Waals surface area (Å²) in [6.45, 7) is 0. The zero-order valence-electron chi connectivity index (χ0n) is 7.47. The highest BCUT2D eigenvalue weighted by molar-refractivity contribution is 5.85. The van der Waals surface area contributed by atoms with E-state index in [1.807, 2.05) is 0 Å². The van der Waals surface area contributed by atoms with Crippen molar-refractivity contribution < 1.29 is 10.1 Å². The normalized spacial score (nSPS) is 10.4. The fraction of sp³-hybridized carbons (Fsp3) is 0.143. The number of fused-ring (bicyclic) bond motifs is 1. The molecule has 0 radical (unpaired) electrons. The van der Waals surface area contributed by atoms with Gasteiger partial charge in [-0.2, -0.15) is 0 Å². The van der Waals surface area contributed by atoms with Crippen molar-refractivity contribution >= 4 is 17.1 Å². The van der Waals surface area contributed by atoms with Crippen molar-refractivity contribution in [2.24, 2.45) is 0 Å². The van der Waals surface area contributed by atoms with Crippen LogP contribution in [0.3, 0.4) is 0 Å². The first-order valence-corrected chi connectivity index (χ1v) is 3.96. The summed E-state index contributed by atoms with van der Waals surface area (Å²) in [5, 5.41) is 23.2. The van der Waals surface area contributed by atoms with Crippen LogP contribution in [0, 0.1) is 5.41 Å². The molecule has 0 unspecified atom stereocenters. The van der Waals surface area contributed by atoms with Gasteiger partial charge in [0.15, 0.2) is 0 Å². The molecule has 0 amide bonds. The van der Waals surface area contributed by atoms with Crippen LogP contribution in [0.2, 0.25) is 0 Å². The summed E-state index contributed by atoms with van der Waals surface area (Å²) >= 11 is 0. The monoisotopic (exact) mass is 193 g/mol. The van der Waals surface area contributed by atoms with Gasteiger partial charge in [-0.25, -0.2) is 10.4 Å². The summed E-state index contributed by atoms with van der Waals surface area (Å²) in [4.78, 5) is 4.70. The van der Waals surface area contributed by atoms with Crippen LogP contribution in [-0.4, -0.2) is 33.1 Å². The molecule has 0 aliphatic rings. The lowest BCUT2D eigenvalue weighted by Crippen LogP contribution is -2.36. The van der Waals surface area contributed by atoms with Crippen molar-refractivity contribution in [2.75, 3.05) is 7.05 Å². The highest BCUT2D eigenvalue weighted by Gasteiger charge is 2.21. The summed E-state index contributed by atoms with van der Waals surface area (Å²) in [6, 6.07) is 3.35. The molecule has 2 aromatic rings. The van der Waals surface area contributed by atoms with E-state index in [-0.39, 0.29) is 5.96 Å². The molecule has 0 aliphatic heterocycles. The third kappa shape index (κ3) is 1.06. The first-order valence-electron chi connectivity index (χ1n) is 3.96. The number of nitrogens with one attached hydrogen (secondary N) is 2. The summed E-state index contributed by atoms with van der Waals surface area (Å²) < 4.78 is 1.20. The van der Waals surface area contributed by atoms with Crippen LogP contribution in [0.1, 0.15) is 0 Å². The number of hydrogen-bond acceptors (Lipinski definition) is 4. The number of rotatable bonds is 0. The quantitative estimate of drug-likeness (QED) is 0.216. The fourth-order valence-corrected chi connectivity index (χ4v) is 1.14. The van der Waals surface area contributed by atoms with Crippen molar-refractivity contribution in [2.45, 2.75) is 0 Å². The number of aromatic nitrogens is 4. The van der Waals surface area contributed by atoms with Gasteiger partial charge in [-0.15, -0.1) is 0 Å². The first kappa shape index (κ1) is 8.42. The SMILES string of the molecule is CNC(=N)n1n[n+](O)c2cccnc21. The van der Waals surface area contributed by atoms with Crippen LogP contribution in [0.5, 0.6) is 0 Å². The molecule has 7 nitrogen and oxygen atoms in total. The minimum Gasteiger partial charge on any atom is -0.338 e. The molecule has 0 bridgehead atoms. The van der Waals surface area contributed by atoms with Crippen LogP contribution in [-0.2, 0) is 0 Å². The maximum atomic E-state index is 9.36. The molecule has 0 aromatic carbocycles. The van der Waals surface area contributed by atoms with Crippen molar-refractivity contribution in [1.82, 2.24) is 20.2 Å². The second-order valence-corrected chi connectivity index (χ2v) is 2.64. The summed E-state index contributed by atoms with van der Waals surface area (Å²) in [5.41, 5.74) is 0.877. The second-order valence-electron chi connectivity index (χ2n) is 2.64.